The van der Waals surface area contributed by atoms with Gasteiger partial charge in [0.2, 0.25) is 11.8 Å². The van der Waals surface area contributed by atoms with Gasteiger partial charge in [-0.05, 0) is 33.2 Å². The summed E-state index contributed by atoms with van der Waals surface area (Å²) in [5, 5.41) is 2.79. The molecule has 1 rings (SSSR count). The molecule has 1 amide bonds. The Labute approximate surface area is 102 Å². The van der Waals surface area contributed by atoms with E-state index in [-0.39, 0.29) is 5.91 Å². The van der Waals surface area contributed by atoms with Crippen molar-refractivity contribution >= 4 is 5.91 Å². The second-order valence-corrected chi connectivity index (χ2v) is 4.13. The summed E-state index contributed by atoms with van der Waals surface area (Å²) in [6.45, 7) is 4.80. The van der Waals surface area contributed by atoms with Gasteiger partial charge in [0, 0.05) is 6.42 Å². The van der Waals surface area contributed by atoms with Crippen LogP contribution in [0.4, 0.5) is 0 Å². The Morgan fingerprint density at radius 1 is 1.35 bits per heavy atom. The average Bonchev–Trinajstić information content (AvgIpc) is 2.62. The van der Waals surface area contributed by atoms with Gasteiger partial charge < -0.3 is 15.5 Å². The van der Waals surface area contributed by atoms with Crippen molar-refractivity contribution in [2.75, 3.05) is 6.54 Å². The lowest BCUT2D eigenvalue weighted by Crippen LogP contribution is -2.22. The van der Waals surface area contributed by atoms with E-state index in [1.54, 1.807) is 0 Å². The highest BCUT2D eigenvalue weighted by molar-refractivity contribution is 5.75. The molecule has 1 aromatic rings. The van der Waals surface area contributed by atoms with Crippen molar-refractivity contribution in [2.45, 2.75) is 46.1 Å². The van der Waals surface area contributed by atoms with Gasteiger partial charge in [0.25, 0.3) is 0 Å². The fourth-order valence-electron chi connectivity index (χ4n) is 1.48. The number of oxazole rings is 1. The predicted octanol–water partition coefficient (Wildman–Crippen LogP) is 1.43. The Bertz CT molecular complexity index is 341. The SMILES string of the molecule is Cc1nc(CNC(=O)CCCCCN)oc1C. The number of hydrogen-bond donors (Lipinski definition) is 2. The van der Waals surface area contributed by atoms with Gasteiger partial charge in [0.15, 0.2) is 0 Å². The van der Waals surface area contributed by atoms with Gasteiger partial charge in [-0.3, -0.25) is 4.79 Å². The molecule has 5 nitrogen and oxygen atoms in total. The lowest BCUT2D eigenvalue weighted by molar-refractivity contribution is -0.121. The molecule has 5 heteroatoms. The quantitative estimate of drug-likeness (QED) is 0.705. The van der Waals surface area contributed by atoms with Crippen LogP contribution in [0.5, 0.6) is 0 Å². The Hall–Kier alpha value is -1.36. The zero-order valence-corrected chi connectivity index (χ0v) is 10.6. The van der Waals surface area contributed by atoms with Gasteiger partial charge in [-0.2, -0.15) is 0 Å². The molecule has 96 valence electrons. The van der Waals surface area contributed by atoms with Crippen LogP contribution in [0.15, 0.2) is 4.42 Å². The third-order valence-corrected chi connectivity index (χ3v) is 2.62. The molecule has 0 aromatic carbocycles. The molecule has 1 heterocycles. The Balaban J connectivity index is 2.19. The number of nitrogens with zero attached hydrogens (tertiary/aromatic N) is 1. The van der Waals surface area contributed by atoms with Gasteiger partial charge in [0.05, 0.1) is 12.2 Å². The molecule has 0 bridgehead atoms. The number of aryl methyl sites for hydroxylation is 2. The van der Waals surface area contributed by atoms with Crippen LogP contribution in [-0.2, 0) is 11.3 Å². The number of unbranched alkanes of at least 4 members (excludes halogenated alkanes) is 2. The van der Waals surface area contributed by atoms with Crippen molar-refractivity contribution in [1.29, 1.82) is 0 Å². The van der Waals surface area contributed by atoms with Crippen molar-refractivity contribution in [3.63, 3.8) is 0 Å². The topological polar surface area (TPSA) is 81.2 Å². The molecule has 0 aliphatic carbocycles. The molecular weight excluding hydrogens is 218 g/mol. The molecule has 0 spiro atoms. The number of hydrogen-bond acceptors (Lipinski definition) is 4. The maximum atomic E-state index is 11.5. The normalized spacial score (nSPS) is 10.5. The van der Waals surface area contributed by atoms with Crippen LogP contribution in [0.1, 0.15) is 43.0 Å². The fourth-order valence-corrected chi connectivity index (χ4v) is 1.48. The van der Waals surface area contributed by atoms with Crippen LogP contribution in [0.25, 0.3) is 0 Å². The first-order valence-corrected chi connectivity index (χ1v) is 6.03. The second-order valence-electron chi connectivity index (χ2n) is 4.13. The number of rotatable bonds is 7. The molecule has 0 atom stereocenters. The second kappa shape index (κ2) is 7.06. The standard InChI is InChI=1S/C12H21N3O2/c1-9-10(2)17-12(15-9)8-14-11(16)6-4-3-5-7-13/h3-8,13H2,1-2H3,(H,14,16). The van der Waals surface area contributed by atoms with E-state index in [1.807, 2.05) is 13.8 Å². The van der Waals surface area contributed by atoms with Crippen LogP contribution in [0.3, 0.4) is 0 Å². The van der Waals surface area contributed by atoms with Crippen molar-refractivity contribution in [1.82, 2.24) is 10.3 Å². The Morgan fingerprint density at radius 3 is 2.71 bits per heavy atom. The summed E-state index contributed by atoms with van der Waals surface area (Å²) in [4.78, 5) is 15.7. The van der Waals surface area contributed by atoms with Gasteiger partial charge >= 0.3 is 0 Å². The summed E-state index contributed by atoms with van der Waals surface area (Å²) >= 11 is 0. The molecule has 0 aliphatic heterocycles. The lowest BCUT2D eigenvalue weighted by atomic mass is 10.2. The summed E-state index contributed by atoms with van der Waals surface area (Å²) in [5.41, 5.74) is 6.25. The summed E-state index contributed by atoms with van der Waals surface area (Å²) in [6.07, 6.45) is 3.40. The smallest absolute Gasteiger partial charge is 0.220 e. The Kier molecular flexibility index (Phi) is 5.69. The first-order valence-electron chi connectivity index (χ1n) is 6.03. The molecule has 0 radical (unpaired) electrons. The van der Waals surface area contributed by atoms with E-state index in [0.717, 1.165) is 30.7 Å². The van der Waals surface area contributed by atoms with Crippen LogP contribution < -0.4 is 11.1 Å². The highest BCUT2D eigenvalue weighted by Gasteiger charge is 2.07. The number of amides is 1. The number of aromatic nitrogens is 1. The molecule has 1 aromatic heterocycles. The predicted molar refractivity (Wildman–Crippen MR) is 65.3 cm³/mol. The van der Waals surface area contributed by atoms with E-state index >= 15 is 0 Å². The number of nitrogens with one attached hydrogen (secondary N) is 1. The molecular formula is C12H21N3O2. The van der Waals surface area contributed by atoms with E-state index in [9.17, 15) is 4.79 Å². The van der Waals surface area contributed by atoms with Crippen molar-refractivity contribution in [2.24, 2.45) is 5.73 Å². The minimum absolute atomic E-state index is 0.0375. The minimum atomic E-state index is 0.0375. The lowest BCUT2D eigenvalue weighted by Gasteiger charge is -2.02. The van der Waals surface area contributed by atoms with E-state index < -0.39 is 0 Å². The van der Waals surface area contributed by atoms with E-state index in [2.05, 4.69) is 10.3 Å². The summed E-state index contributed by atoms with van der Waals surface area (Å²) in [6, 6.07) is 0. The highest BCUT2D eigenvalue weighted by Crippen LogP contribution is 2.07. The molecule has 0 unspecified atom stereocenters. The third-order valence-electron chi connectivity index (χ3n) is 2.62. The highest BCUT2D eigenvalue weighted by atomic mass is 16.4. The maximum absolute atomic E-state index is 11.5. The van der Waals surface area contributed by atoms with Gasteiger partial charge in [-0.15, -0.1) is 0 Å². The van der Waals surface area contributed by atoms with Crippen molar-refractivity contribution in [3.05, 3.63) is 17.3 Å². The summed E-state index contributed by atoms with van der Waals surface area (Å²) in [5.74, 6) is 1.41. The fraction of sp³-hybridized carbons (Fsp3) is 0.667. The summed E-state index contributed by atoms with van der Waals surface area (Å²) in [7, 11) is 0. The summed E-state index contributed by atoms with van der Waals surface area (Å²) < 4.78 is 5.37. The van der Waals surface area contributed by atoms with E-state index in [4.69, 9.17) is 10.2 Å². The molecule has 17 heavy (non-hydrogen) atoms. The first kappa shape index (κ1) is 13.7. The molecule has 0 fully saturated rings. The van der Waals surface area contributed by atoms with Crippen molar-refractivity contribution in [3.8, 4) is 0 Å². The molecule has 0 aliphatic rings. The van der Waals surface area contributed by atoms with E-state index in [1.165, 1.54) is 0 Å². The van der Waals surface area contributed by atoms with Crippen LogP contribution in [0.2, 0.25) is 0 Å². The molecule has 0 saturated carbocycles. The largest absolute Gasteiger partial charge is 0.444 e. The van der Waals surface area contributed by atoms with Gasteiger partial charge in [-0.1, -0.05) is 6.42 Å². The maximum Gasteiger partial charge on any atom is 0.220 e. The minimum Gasteiger partial charge on any atom is -0.444 e. The third kappa shape index (κ3) is 4.99. The zero-order chi connectivity index (χ0) is 12.7. The monoisotopic (exact) mass is 239 g/mol. The molecule has 0 saturated heterocycles. The molecule has 3 N–H and O–H groups in total. The number of carbonyl (C=O) groups excluding carboxylic acids is 1. The van der Waals surface area contributed by atoms with E-state index in [0.29, 0.717) is 25.4 Å². The van der Waals surface area contributed by atoms with Gasteiger partial charge in [0.1, 0.15) is 5.76 Å². The zero-order valence-electron chi connectivity index (χ0n) is 10.6. The van der Waals surface area contributed by atoms with Crippen LogP contribution in [-0.4, -0.2) is 17.4 Å². The van der Waals surface area contributed by atoms with Crippen molar-refractivity contribution < 1.29 is 9.21 Å². The van der Waals surface area contributed by atoms with Gasteiger partial charge in [-0.25, -0.2) is 4.98 Å². The Morgan fingerprint density at radius 2 is 2.12 bits per heavy atom. The number of carbonyl (C=O) groups is 1. The number of nitrogens with two attached hydrogens (primary N) is 1. The first-order chi connectivity index (χ1) is 8.13. The van der Waals surface area contributed by atoms with Crippen LogP contribution >= 0.6 is 0 Å². The average molecular weight is 239 g/mol. The van der Waals surface area contributed by atoms with Crippen LogP contribution in [0, 0.1) is 13.8 Å².